The van der Waals surface area contributed by atoms with E-state index in [1.165, 1.54) is 0 Å². The van der Waals surface area contributed by atoms with Gasteiger partial charge in [-0.3, -0.25) is 0 Å². The van der Waals surface area contributed by atoms with E-state index in [4.69, 9.17) is 57.6 Å². The Morgan fingerprint density at radius 2 is 0.495 bits per heavy atom. The van der Waals surface area contributed by atoms with Crippen LogP contribution in [0.2, 0.25) is 0 Å². The van der Waals surface area contributed by atoms with Crippen LogP contribution in [-0.2, 0) is 57.6 Å². The van der Waals surface area contributed by atoms with E-state index in [0.29, 0.717) is 51.9 Å². The SMILES string of the molecule is Cc1ccc(/C=C/[Si]2(c3ccccc3)O[Si](O[SiH3])(c3ccccc3)O[Si@]3(c4ccccc4)O[Si]4(c5ccccc5)O[SiH](c5ccccc5)O[Si]5(c6ccccc6)O[Si](c6ccccc6)(O2)O[Si@@](c2ccccc2)(O[Si](c2ccccc2)(O[Si](/C=C/c2ccc(C)cc2)(c2ccccc2)O4)O5)O3)cc1. The monoisotopic (exact) mass is 1540 g/mol. The van der Waals surface area contributed by atoms with Crippen molar-refractivity contribution in [3.05, 3.63) is 386 Å². The summed E-state index contributed by atoms with van der Waals surface area (Å²) in [5, 5.41) is 5.52. The van der Waals surface area contributed by atoms with Gasteiger partial charge < -0.3 is 57.6 Å². The summed E-state index contributed by atoms with van der Waals surface area (Å²) in [7, 11) is -50.7. The van der Waals surface area contributed by atoms with Gasteiger partial charge in [-0.15, -0.1) is 0 Å². The van der Waals surface area contributed by atoms with Gasteiger partial charge in [0.15, 0.2) is 0 Å². The van der Waals surface area contributed by atoms with Crippen LogP contribution in [0.25, 0.3) is 12.2 Å². The Balaban J connectivity index is 1.18. The summed E-state index contributed by atoms with van der Waals surface area (Å²) in [5.41, 5.74) is 8.02. The average Bonchev–Trinajstić information content (AvgIpc) is 0.685. The molecule has 12 aromatic rings. The van der Waals surface area contributed by atoms with Gasteiger partial charge in [0.2, 0.25) is 0 Å². The van der Waals surface area contributed by atoms with E-state index in [0.717, 1.165) is 22.3 Å². The fourth-order valence-electron chi connectivity index (χ4n) is 13.1. The molecule has 14 nitrogen and oxygen atoms in total. The van der Waals surface area contributed by atoms with Gasteiger partial charge >= 0.3 is 88.0 Å². The Kier molecular flexibility index (Phi) is 19.6. The predicted molar refractivity (Wildman–Crippen MR) is 425 cm³/mol. The maximum absolute atomic E-state index is 8.99. The lowest BCUT2D eigenvalue weighted by molar-refractivity contribution is 0.0578. The van der Waals surface area contributed by atoms with E-state index < -0.39 is 88.0 Å². The molecule has 0 spiro atoms. The largest absolute Gasteiger partial charge is 0.515 e. The number of benzene rings is 12. The summed E-state index contributed by atoms with van der Waals surface area (Å²) in [6.07, 6.45) is 4.10. The summed E-state index contributed by atoms with van der Waals surface area (Å²) in [4.78, 5) is 0. The molecule has 4 fully saturated rings. The van der Waals surface area contributed by atoms with E-state index in [-0.39, 0.29) is 10.5 Å². The van der Waals surface area contributed by atoms with Gasteiger partial charge in [-0.2, -0.15) is 0 Å². The van der Waals surface area contributed by atoms with E-state index in [9.17, 15) is 0 Å². The lowest BCUT2D eigenvalue weighted by Crippen LogP contribution is -2.90. The van der Waals surface area contributed by atoms with Crippen molar-refractivity contribution in [3.63, 3.8) is 0 Å². The van der Waals surface area contributed by atoms with Crippen molar-refractivity contribution in [2.75, 3.05) is 0 Å². The van der Waals surface area contributed by atoms with Crippen LogP contribution in [0, 0.1) is 13.8 Å². The van der Waals surface area contributed by atoms with Gasteiger partial charge in [0.1, 0.15) is 10.5 Å². The predicted octanol–water partition coefficient (Wildman–Crippen LogP) is 7.42. The minimum atomic E-state index is -5.50. The molecular formula is C78H72O14Si11. The Hall–Kier alpha value is -8.05. The molecule has 4 heterocycles. The second-order valence-electron chi connectivity index (χ2n) is 25.3. The van der Waals surface area contributed by atoms with E-state index in [1.807, 2.05) is 309 Å². The summed E-state index contributed by atoms with van der Waals surface area (Å²) >= 11 is 0. The van der Waals surface area contributed by atoms with Crippen LogP contribution in [0.4, 0.5) is 0 Å². The molecule has 8 unspecified atom stereocenters. The number of hydrogen-bond acceptors (Lipinski definition) is 14. The molecular weight excluding hydrogens is 1470 g/mol. The molecule has 0 saturated carbocycles. The first-order valence-corrected chi connectivity index (χ1v) is 52.3. The van der Waals surface area contributed by atoms with E-state index in [1.54, 1.807) is 0 Å². The summed E-state index contributed by atoms with van der Waals surface area (Å²) in [6, 6.07) is 115. The third-order valence-electron chi connectivity index (χ3n) is 18.3. The Labute approximate surface area is 614 Å². The van der Waals surface area contributed by atoms with Crippen LogP contribution in [0.5, 0.6) is 0 Å². The molecule has 16 rings (SSSR count). The zero-order valence-electron chi connectivity index (χ0n) is 56.6. The van der Waals surface area contributed by atoms with Gasteiger partial charge in [-0.05, 0) is 51.9 Å². The van der Waals surface area contributed by atoms with Crippen LogP contribution < -0.4 is 51.9 Å². The number of aryl methyl sites for hydroxylation is 2. The molecule has 4 aliphatic rings. The van der Waals surface area contributed by atoms with Gasteiger partial charge in [0.05, 0.1) is 0 Å². The molecule has 6 bridgehead atoms. The molecule has 512 valence electrons. The first-order chi connectivity index (χ1) is 50.4. The first-order valence-electron chi connectivity index (χ1n) is 34.1. The average molecular weight is 1540 g/mol. The fraction of sp³-hybridized carbons (Fsp3) is 0.0256. The van der Waals surface area contributed by atoms with Crippen molar-refractivity contribution in [1.29, 1.82) is 0 Å². The highest BCUT2D eigenvalue weighted by Crippen LogP contribution is 2.44. The molecule has 4 saturated heterocycles. The van der Waals surface area contributed by atoms with Gasteiger partial charge in [-0.25, -0.2) is 0 Å². The van der Waals surface area contributed by atoms with E-state index in [2.05, 4.69) is 79.9 Å². The topological polar surface area (TPSA) is 129 Å². The highest BCUT2D eigenvalue weighted by atomic mass is 28.6. The minimum absolute atomic E-state index is 0.0225. The van der Waals surface area contributed by atoms with Crippen molar-refractivity contribution < 1.29 is 57.6 Å². The molecule has 12 aromatic carbocycles. The molecule has 0 aromatic heterocycles. The molecule has 10 atom stereocenters. The number of rotatable bonds is 15. The molecule has 0 N–H and O–H groups in total. The molecule has 0 radical (unpaired) electrons. The lowest BCUT2D eigenvalue weighted by atomic mass is 10.2. The second-order valence-corrected chi connectivity index (χ2v) is 55.5. The highest BCUT2D eigenvalue weighted by Gasteiger charge is 2.80. The van der Waals surface area contributed by atoms with Crippen molar-refractivity contribution >= 4 is 163 Å². The Morgan fingerprint density at radius 3 is 0.825 bits per heavy atom. The molecule has 25 heteroatoms. The summed E-state index contributed by atoms with van der Waals surface area (Å²) in [6.45, 7) is 4.14. The van der Waals surface area contributed by atoms with E-state index >= 15 is 0 Å². The van der Waals surface area contributed by atoms with Gasteiger partial charge in [-0.1, -0.05) is 375 Å². The molecule has 0 amide bonds. The normalized spacial score (nSPS) is 28.7. The summed E-state index contributed by atoms with van der Waals surface area (Å²) in [5.74, 6) is 0. The van der Waals surface area contributed by atoms with Crippen LogP contribution >= 0.6 is 0 Å². The third-order valence-corrected chi connectivity index (χ3v) is 60.5. The van der Waals surface area contributed by atoms with Crippen molar-refractivity contribution in [3.8, 4) is 0 Å². The molecule has 4 aliphatic heterocycles. The summed E-state index contributed by atoms with van der Waals surface area (Å²) < 4.78 is 122. The zero-order chi connectivity index (χ0) is 69.9. The molecule has 103 heavy (non-hydrogen) atoms. The van der Waals surface area contributed by atoms with Crippen LogP contribution in [0.3, 0.4) is 0 Å². The lowest BCUT2D eigenvalue weighted by Gasteiger charge is -2.58. The smallest absolute Gasteiger partial charge is 0.422 e. The number of hydrogen-bond donors (Lipinski definition) is 0. The van der Waals surface area contributed by atoms with Crippen molar-refractivity contribution in [2.24, 2.45) is 0 Å². The number of fused-ring (bicyclic) bond motifs is 6. The Morgan fingerprint density at radius 1 is 0.252 bits per heavy atom. The third kappa shape index (κ3) is 13.7. The quantitative estimate of drug-likeness (QED) is 0.0945. The second kappa shape index (κ2) is 29.1. The fourth-order valence-corrected chi connectivity index (χ4v) is 68.0. The zero-order valence-corrected chi connectivity index (χ0v) is 68.7. The minimum Gasteiger partial charge on any atom is -0.422 e. The maximum atomic E-state index is 8.99. The van der Waals surface area contributed by atoms with Crippen LogP contribution in [0.15, 0.2) is 363 Å². The standard InChI is InChI=1S/C78H72O14Si11/c1-65-53-57-67(58-54-65)61-63-95(70-35-15-4-16-36-70)82-97(79-93,72-39-19-6-20-40-72)86-102(77-49-29-11-30-50-77)87-98(73-41-21-7-22-42-73)80-94(69-33-13-3-14-34-69)81-99(74-43-23-8-24-44-74)88-100(84-95,75-45-25-9-26-46-75)90-103(92-102,78-51-31-12-32-52-78)91-101(89-99,76-47-27-10-28-48-76)85-96(83-98,71-37-17-5-18-38-71)64-62-68-59-55-66(2)56-60-68/h3-64,94H,1-2,93H3/b63-61+,64-62+/t94?,95?,96?,97?,98?,99?,100?,101?,102-,103+/m1/s1. The van der Waals surface area contributed by atoms with Gasteiger partial charge in [0.25, 0.3) is 0 Å². The van der Waals surface area contributed by atoms with Crippen LogP contribution in [0.1, 0.15) is 22.3 Å². The Bertz CT molecular complexity index is 4910. The molecule has 0 aliphatic carbocycles. The van der Waals surface area contributed by atoms with Crippen LogP contribution in [-0.4, -0.2) is 98.5 Å². The maximum Gasteiger partial charge on any atom is 0.515 e. The highest BCUT2D eigenvalue weighted by molar-refractivity contribution is 7.12. The van der Waals surface area contributed by atoms with Crippen molar-refractivity contribution in [2.45, 2.75) is 13.8 Å². The first kappa shape index (κ1) is 69.3. The van der Waals surface area contributed by atoms with Gasteiger partial charge in [0, 0.05) is 36.3 Å². The van der Waals surface area contributed by atoms with Crippen molar-refractivity contribution in [1.82, 2.24) is 0 Å².